The molecule has 0 fully saturated rings. The molecule has 7 heteroatoms. The van der Waals surface area contributed by atoms with Crippen molar-refractivity contribution in [1.82, 2.24) is 15.0 Å². The van der Waals surface area contributed by atoms with Gasteiger partial charge in [-0.3, -0.25) is 10.1 Å². The topological polar surface area (TPSA) is 99.9 Å². The van der Waals surface area contributed by atoms with Gasteiger partial charge in [-0.1, -0.05) is 25.1 Å². The maximum atomic E-state index is 11.1. The Balaban J connectivity index is 2.76. The maximum absolute atomic E-state index is 11.1. The first-order valence-electron chi connectivity index (χ1n) is 6.30. The van der Waals surface area contributed by atoms with Crippen LogP contribution in [0.1, 0.15) is 36.6 Å². The highest BCUT2D eigenvalue weighted by Gasteiger charge is 2.22. The highest BCUT2D eigenvalue weighted by atomic mass is 16.6. The van der Waals surface area contributed by atoms with Crippen molar-refractivity contribution in [3.05, 3.63) is 39.1 Å². The molecule has 0 amide bonds. The van der Waals surface area contributed by atoms with Crippen molar-refractivity contribution in [1.29, 1.82) is 0 Å². The van der Waals surface area contributed by atoms with Crippen LogP contribution in [0.5, 0.6) is 0 Å². The second kappa shape index (κ2) is 4.92. The second-order valence-electron chi connectivity index (χ2n) is 5.06. The number of hydrogen-bond acceptors (Lipinski definition) is 5. The van der Waals surface area contributed by atoms with E-state index in [1.807, 2.05) is 20.8 Å². The fourth-order valence-corrected chi connectivity index (χ4v) is 2.35. The number of nitro benzene ring substituents is 1. The van der Waals surface area contributed by atoms with E-state index in [0.717, 1.165) is 11.3 Å². The molecule has 0 radical (unpaired) electrons. The van der Waals surface area contributed by atoms with Gasteiger partial charge in [0.2, 0.25) is 0 Å². The molecule has 0 aliphatic rings. The lowest BCUT2D eigenvalue weighted by atomic mass is 10.1. The van der Waals surface area contributed by atoms with Gasteiger partial charge in [0.05, 0.1) is 21.9 Å². The van der Waals surface area contributed by atoms with E-state index in [2.05, 4.69) is 10.3 Å². The molecule has 106 valence electrons. The van der Waals surface area contributed by atoms with Crippen molar-refractivity contribution in [2.75, 3.05) is 5.73 Å². The van der Waals surface area contributed by atoms with Crippen LogP contribution in [-0.4, -0.2) is 19.9 Å². The molecule has 7 nitrogen and oxygen atoms in total. The van der Waals surface area contributed by atoms with Gasteiger partial charge in [-0.15, -0.1) is 5.10 Å². The zero-order valence-corrected chi connectivity index (χ0v) is 11.9. The summed E-state index contributed by atoms with van der Waals surface area (Å²) in [4.78, 5) is 10.7. The summed E-state index contributed by atoms with van der Waals surface area (Å²) in [7, 11) is 0. The molecule has 0 spiro atoms. The van der Waals surface area contributed by atoms with Crippen LogP contribution in [0, 0.1) is 24.0 Å². The van der Waals surface area contributed by atoms with Gasteiger partial charge in [0.25, 0.3) is 5.69 Å². The number of hydrogen-bond donors (Lipinski definition) is 1. The first kappa shape index (κ1) is 14.0. The summed E-state index contributed by atoms with van der Waals surface area (Å²) in [5.74, 6) is 0.466. The lowest BCUT2D eigenvalue weighted by Gasteiger charge is -2.14. The Hall–Kier alpha value is -2.44. The molecule has 0 saturated carbocycles. The van der Waals surface area contributed by atoms with Crippen molar-refractivity contribution in [3.8, 4) is 5.69 Å². The molecule has 1 aromatic carbocycles. The average Bonchev–Trinajstić information content (AvgIpc) is 2.70. The molecule has 2 rings (SSSR count). The highest BCUT2D eigenvalue weighted by Crippen LogP contribution is 2.30. The Morgan fingerprint density at radius 3 is 2.55 bits per heavy atom. The minimum atomic E-state index is -0.395. The predicted molar refractivity (Wildman–Crippen MR) is 76.0 cm³/mol. The SMILES string of the molecule is Cc1ccc([N+](=O)[O-])c(C)c1-n1nnc(N)c1C(C)C. The maximum Gasteiger partial charge on any atom is 0.274 e. The van der Waals surface area contributed by atoms with Crippen LogP contribution < -0.4 is 5.73 Å². The zero-order chi connectivity index (χ0) is 15.0. The number of aryl methyl sites for hydroxylation is 1. The van der Waals surface area contributed by atoms with Gasteiger partial charge >= 0.3 is 0 Å². The van der Waals surface area contributed by atoms with Crippen molar-refractivity contribution < 1.29 is 4.92 Å². The Bertz CT molecular complexity index is 676. The number of anilines is 1. The van der Waals surface area contributed by atoms with E-state index in [1.165, 1.54) is 6.07 Å². The lowest BCUT2D eigenvalue weighted by Crippen LogP contribution is -2.10. The highest BCUT2D eigenvalue weighted by molar-refractivity contribution is 5.58. The normalized spacial score (nSPS) is 11.1. The van der Waals surface area contributed by atoms with Crippen molar-refractivity contribution in [2.24, 2.45) is 0 Å². The molecule has 0 aliphatic carbocycles. The van der Waals surface area contributed by atoms with Gasteiger partial charge in [0.1, 0.15) is 0 Å². The third-order valence-electron chi connectivity index (χ3n) is 3.29. The zero-order valence-electron chi connectivity index (χ0n) is 11.9. The Morgan fingerprint density at radius 1 is 1.35 bits per heavy atom. The monoisotopic (exact) mass is 275 g/mol. The van der Waals surface area contributed by atoms with E-state index < -0.39 is 4.92 Å². The van der Waals surface area contributed by atoms with E-state index in [0.29, 0.717) is 17.1 Å². The van der Waals surface area contributed by atoms with Crippen LogP contribution >= 0.6 is 0 Å². The number of benzene rings is 1. The standard InChI is InChI=1S/C13H17N5O2/c1-7(2)11-13(14)15-16-17(11)12-8(3)5-6-10(9(12)4)18(19)20/h5-7H,14H2,1-4H3. The Morgan fingerprint density at radius 2 is 2.00 bits per heavy atom. The molecule has 1 aromatic heterocycles. The number of nitrogen functional groups attached to an aromatic ring is 1. The van der Waals surface area contributed by atoms with Gasteiger partial charge in [-0.2, -0.15) is 0 Å². The van der Waals surface area contributed by atoms with Crippen LogP contribution in [0.3, 0.4) is 0 Å². The molecule has 2 aromatic rings. The number of nitrogens with zero attached hydrogens (tertiary/aromatic N) is 4. The van der Waals surface area contributed by atoms with Gasteiger partial charge in [-0.25, -0.2) is 4.68 Å². The van der Waals surface area contributed by atoms with Gasteiger partial charge < -0.3 is 5.73 Å². The van der Waals surface area contributed by atoms with Crippen molar-refractivity contribution in [3.63, 3.8) is 0 Å². The fourth-order valence-electron chi connectivity index (χ4n) is 2.35. The number of rotatable bonds is 3. The van der Waals surface area contributed by atoms with Crippen LogP contribution in [0.15, 0.2) is 12.1 Å². The van der Waals surface area contributed by atoms with Crippen LogP contribution in [0.25, 0.3) is 5.69 Å². The molecule has 1 heterocycles. The van der Waals surface area contributed by atoms with E-state index >= 15 is 0 Å². The van der Waals surface area contributed by atoms with Crippen molar-refractivity contribution in [2.45, 2.75) is 33.6 Å². The number of aromatic nitrogens is 3. The quantitative estimate of drug-likeness (QED) is 0.685. The number of nitrogens with two attached hydrogens (primary N) is 1. The minimum absolute atomic E-state index is 0.0642. The van der Waals surface area contributed by atoms with Gasteiger partial charge in [-0.05, 0) is 25.3 Å². The lowest BCUT2D eigenvalue weighted by molar-refractivity contribution is -0.385. The predicted octanol–water partition coefficient (Wildman–Crippen LogP) is 2.50. The molecular formula is C13H17N5O2. The summed E-state index contributed by atoms with van der Waals surface area (Å²) < 4.78 is 1.61. The first-order valence-corrected chi connectivity index (χ1v) is 6.30. The molecule has 20 heavy (non-hydrogen) atoms. The Kier molecular flexibility index (Phi) is 3.44. The number of nitro groups is 1. The molecular weight excluding hydrogens is 258 g/mol. The van der Waals surface area contributed by atoms with Crippen LogP contribution in [-0.2, 0) is 0 Å². The first-order chi connectivity index (χ1) is 9.34. The van der Waals surface area contributed by atoms with Crippen LogP contribution in [0.4, 0.5) is 11.5 Å². The molecule has 2 N–H and O–H groups in total. The molecule has 0 saturated heterocycles. The van der Waals surface area contributed by atoms with Crippen molar-refractivity contribution >= 4 is 11.5 Å². The third kappa shape index (κ3) is 2.11. The summed E-state index contributed by atoms with van der Waals surface area (Å²) >= 11 is 0. The third-order valence-corrected chi connectivity index (χ3v) is 3.29. The summed E-state index contributed by atoms with van der Waals surface area (Å²) in [6.45, 7) is 7.55. The molecule has 0 unspecified atom stereocenters. The smallest absolute Gasteiger partial charge is 0.274 e. The molecule has 0 bridgehead atoms. The van der Waals surface area contributed by atoms with Gasteiger partial charge in [0.15, 0.2) is 5.82 Å². The van der Waals surface area contributed by atoms with E-state index in [1.54, 1.807) is 17.7 Å². The summed E-state index contributed by atoms with van der Waals surface area (Å²) in [5, 5.41) is 19.0. The molecule has 0 aliphatic heterocycles. The fraction of sp³-hybridized carbons (Fsp3) is 0.385. The Labute approximate surface area is 116 Å². The van der Waals surface area contributed by atoms with E-state index in [-0.39, 0.29) is 11.6 Å². The largest absolute Gasteiger partial charge is 0.381 e. The second-order valence-corrected chi connectivity index (χ2v) is 5.06. The van der Waals surface area contributed by atoms with Crippen LogP contribution in [0.2, 0.25) is 0 Å². The summed E-state index contributed by atoms with van der Waals surface area (Å²) in [5.41, 5.74) is 8.79. The van der Waals surface area contributed by atoms with E-state index in [4.69, 9.17) is 5.73 Å². The van der Waals surface area contributed by atoms with Gasteiger partial charge in [0, 0.05) is 6.07 Å². The summed E-state index contributed by atoms with van der Waals surface area (Å²) in [6.07, 6.45) is 0. The van der Waals surface area contributed by atoms with E-state index in [9.17, 15) is 10.1 Å². The summed E-state index contributed by atoms with van der Waals surface area (Å²) in [6, 6.07) is 3.21. The minimum Gasteiger partial charge on any atom is -0.381 e. The molecule has 0 atom stereocenters. The average molecular weight is 275 g/mol.